The van der Waals surface area contributed by atoms with Crippen LogP contribution in [0, 0.1) is 5.41 Å². The second-order valence-corrected chi connectivity index (χ2v) is 4.91. The zero-order chi connectivity index (χ0) is 12.9. The minimum Gasteiger partial charge on any atom is -0.396 e. The second-order valence-electron chi connectivity index (χ2n) is 4.11. The van der Waals surface area contributed by atoms with Gasteiger partial charge in [-0.1, -0.05) is 13.8 Å². The van der Waals surface area contributed by atoms with Crippen LogP contribution in [0.3, 0.4) is 0 Å². The van der Waals surface area contributed by atoms with Gasteiger partial charge in [-0.3, -0.25) is 4.79 Å². The number of nitrogens with one attached hydrogen (secondary N) is 2. The lowest BCUT2D eigenvalue weighted by molar-refractivity contribution is 0.127. The first-order valence-corrected chi connectivity index (χ1v) is 6.45. The number of aliphatic hydroxyl groups is 1. The van der Waals surface area contributed by atoms with Gasteiger partial charge in [0.05, 0.1) is 12.9 Å². The number of aromatic nitrogens is 2. The van der Waals surface area contributed by atoms with Gasteiger partial charge in [-0.2, -0.15) is 0 Å². The molecule has 0 aromatic carbocycles. The van der Waals surface area contributed by atoms with Gasteiger partial charge >= 0.3 is 0 Å². The Hall–Kier alpha value is -0.880. The van der Waals surface area contributed by atoms with E-state index in [1.165, 1.54) is 6.33 Å². The molecule has 3 N–H and O–H groups in total. The van der Waals surface area contributed by atoms with Crippen molar-refractivity contribution in [1.29, 1.82) is 0 Å². The predicted molar refractivity (Wildman–Crippen MR) is 71.1 cm³/mol. The predicted octanol–water partition coefficient (Wildman–Crippen LogP) is 1.74. The van der Waals surface area contributed by atoms with Gasteiger partial charge in [-0.25, -0.2) is 4.98 Å². The number of hydrogen-bond acceptors (Lipinski definition) is 4. The average Bonchev–Trinajstić information content (AvgIpc) is 2.36. The lowest BCUT2D eigenvalue weighted by Gasteiger charge is -2.29. The van der Waals surface area contributed by atoms with Crippen molar-refractivity contribution in [3.8, 4) is 0 Å². The first-order valence-electron chi connectivity index (χ1n) is 5.66. The molecule has 0 aliphatic carbocycles. The molecule has 0 atom stereocenters. The largest absolute Gasteiger partial charge is 0.396 e. The van der Waals surface area contributed by atoms with Crippen LogP contribution in [0.25, 0.3) is 0 Å². The first-order chi connectivity index (χ1) is 8.08. The molecule has 1 aromatic rings. The summed E-state index contributed by atoms with van der Waals surface area (Å²) in [7, 11) is 0. The topological polar surface area (TPSA) is 78.0 Å². The number of nitrogens with zero attached hydrogens (tertiary/aromatic N) is 1. The molecule has 5 nitrogen and oxygen atoms in total. The normalized spacial score (nSPS) is 11.5. The maximum absolute atomic E-state index is 11.3. The molecule has 0 bridgehead atoms. The van der Waals surface area contributed by atoms with Crippen molar-refractivity contribution in [2.45, 2.75) is 26.7 Å². The minimum atomic E-state index is -0.218. The summed E-state index contributed by atoms with van der Waals surface area (Å²) in [4.78, 5) is 17.9. The molecule has 1 rings (SSSR count). The number of anilines is 1. The van der Waals surface area contributed by atoms with E-state index in [0.29, 0.717) is 16.8 Å². The summed E-state index contributed by atoms with van der Waals surface area (Å²) in [6.07, 6.45) is 3.09. The fraction of sp³-hybridized carbons (Fsp3) is 0.636. The fourth-order valence-electron chi connectivity index (χ4n) is 1.56. The Bertz CT molecular complexity index is 407. The molecule has 96 valence electrons. The zero-order valence-electron chi connectivity index (χ0n) is 10.1. The summed E-state index contributed by atoms with van der Waals surface area (Å²) in [6, 6.07) is 0. The Morgan fingerprint density at radius 2 is 2.18 bits per heavy atom. The number of hydrogen-bond donors (Lipinski definition) is 3. The highest BCUT2D eigenvalue weighted by Gasteiger charge is 2.25. The van der Waals surface area contributed by atoms with Gasteiger partial charge in [0.15, 0.2) is 0 Å². The Labute approximate surface area is 109 Å². The third-order valence-electron chi connectivity index (χ3n) is 3.26. The van der Waals surface area contributed by atoms with Crippen LogP contribution in [0.1, 0.15) is 26.7 Å². The van der Waals surface area contributed by atoms with Crippen LogP contribution in [0.2, 0.25) is 0 Å². The molecule has 17 heavy (non-hydrogen) atoms. The molecule has 1 heterocycles. The molecular formula is C11H18BrN3O2. The van der Waals surface area contributed by atoms with Crippen LogP contribution < -0.4 is 10.9 Å². The molecule has 1 aromatic heterocycles. The van der Waals surface area contributed by atoms with E-state index in [9.17, 15) is 9.90 Å². The second kappa shape index (κ2) is 6.16. The standard InChI is InChI=1S/C11H18BrN3O2/c1-3-11(4-2,6-16)5-13-9-8(12)10(17)15-7-14-9/h7,16H,3-6H2,1-2H3,(H2,13,14,15,17). The van der Waals surface area contributed by atoms with Crippen LogP contribution in [-0.2, 0) is 0 Å². The van der Waals surface area contributed by atoms with Gasteiger partial charge in [-0.05, 0) is 28.8 Å². The van der Waals surface area contributed by atoms with Crippen LogP contribution in [0.15, 0.2) is 15.6 Å². The summed E-state index contributed by atoms with van der Waals surface area (Å²) in [5.41, 5.74) is -0.380. The van der Waals surface area contributed by atoms with Gasteiger partial charge in [0.2, 0.25) is 0 Å². The fourth-order valence-corrected chi connectivity index (χ4v) is 1.91. The smallest absolute Gasteiger partial charge is 0.267 e. The van der Waals surface area contributed by atoms with E-state index in [1.807, 2.05) is 13.8 Å². The Morgan fingerprint density at radius 1 is 1.53 bits per heavy atom. The van der Waals surface area contributed by atoms with Gasteiger partial charge < -0.3 is 15.4 Å². The molecule has 0 amide bonds. The number of rotatable bonds is 6. The Balaban J connectivity index is 2.79. The van der Waals surface area contributed by atoms with Crippen molar-refractivity contribution in [2.75, 3.05) is 18.5 Å². The van der Waals surface area contributed by atoms with Crippen LogP contribution in [-0.4, -0.2) is 28.2 Å². The van der Waals surface area contributed by atoms with Crippen molar-refractivity contribution >= 4 is 21.7 Å². The monoisotopic (exact) mass is 303 g/mol. The van der Waals surface area contributed by atoms with Gasteiger partial charge in [0.25, 0.3) is 5.56 Å². The SMILES string of the molecule is CCC(CC)(CO)CNc1nc[nH]c(=O)c1Br. The Kier molecular flexibility index (Phi) is 5.14. The summed E-state index contributed by atoms with van der Waals surface area (Å²) < 4.78 is 0.388. The van der Waals surface area contributed by atoms with Gasteiger partial charge in [0.1, 0.15) is 10.3 Å². The quantitative estimate of drug-likeness (QED) is 0.748. The molecular weight excluding hydrogens is 286 g/mol. The lowest BCUT2D eigenvalue weighted by Crippen LogP contribution is -2.33. The van der Waals surface area contributed by atoms with E-state index in [0.717, 1.165) is 12.8 Å². The van der Waals surface area contributed by atoms with Crippen LogP contribution in [0.5, 0.6) is 0 Å². The van der Waals surface area contributed by atoms with Crippen molar-refractivity contribution in [1.82, 2.24) is 9.97 Å². The van der Waals surface area contributed by atoms with Crippen LogP contribution >= 0.6 is 15.9 Å². The molecule has 0 fully saturated rings. The van der Waals surface area contributed by atoms with Crippen molar-refractivity contribution in [2.24, 2.45) is 5.41 Å². The number of aliphatic hydroxyl groups excluding tert-OH is 1. The molecule has 6 heteroatoms. The van der Waals surface area contributed by atoms with E-state index < -0.39 is 0 Å². The van der Waals surface area contributed by atoms with Crippen LogP contribution in [0.4, 0.5) is 5.82 Å². The van der Waals surface area contributed by atoms with E-state index in [2.05, 4.69) is 31.2 Å². The van der Waals surface area contributed by atoms with Gasteiger partial charge in [0, 0.05) is 12.0 Å². The summed E-state index contributed by atoms with van der Waals surface area (Å²) in [6.45, 7) is 4.79. The lowest BCUT2D eigenvalue weighted by atomic mass is 9.83. The molecule has 0 unspecified atom stereocenters. The van der Waals surface area contributed by atoms with E-state index >= 15 is 0 Å². The molecule has 0 saturated heterocycles. The number of H-pyrrole nitrogens is 1. The van der Waals surface area contributed by atoms with Crippen molar-refractivity contribution < 1.29 is 5.11 Å². The summed E-state index contributed by atoms with van der Waals surface area (Å²) in [5, 5.41) is 12.5. The number of halogens is 1. The third-order valence-corrected chi connectivity index (χ3v) is 4.00. The molecule has 0 saturated carbocycles. The molecule has 0 aliphatic rings. The van der Waals surface area contributed by atoms with Crippen molar-refractivity contribution in [3.63, 3.8) is 0 Å². The maximum atomic E-state index is 11.3. The zero-order valence-corrected chi connectivity index (χ0v) is 11.7. The third kappa shape index (κ3) is 3.29. The van der Waals surface area contributed by atoms with E-state index in [1.54, 1.807) is 0 Å². The molecule has 0 radical (unpaired) electrons. The van der Waals surface area contributed by atoms with Crippen molar-refractivity contribution in [3.05, 3.63) is 21.2 Å². The molecule has 0 aliphatic heterocycles. The molecule has 0 spiro atoms. The number of aromatic amines is 1. The highest BCUT2D eigenvalue weighted by atomic mass is 79.9. The average molecular weight is 304 g/mol. The maximum Gasteiger partial charge on any atom is 0.267 e. The highest BCUT2D eigenvalue weighted by molar-refractivity contribution is 9.10. The van der Waals surface area contributed by atoms with E-state index in [4.69, 9.17) is 0 Å². The Morgan fingerprint density at radius 3 is 2.71 bits per heavy atom. The van der Waals surface area contributed by atoms with E-state index in [-0.39, 0.29) is 17.6 Å². The summed E-state index contributed by atoms with van der Waals surface area (Å²) in [5.74, 6) is 0.508. The van der Waals surface area contributed by atoms with Gasteiger partial charge in [-0.15, -0.1) is 0 Å². The highest BCUT2D eigenvalue weighted by Crippen LogP contribution is 2.26. The minimum absolute atomic E-state index is 0.119. The summed E-state index contributed by atoms with van der Waals surface area (Å²) >= 11 is 3.18. The first kappa shape index (κ1) is 14.2.